The van der Waals surface area contributed by atoms with Gasteiger partial charge in [-0.3, -0.25) is 10.7 Å². The molecule has 8 heteroatoms. The van der Waals surface area contributed by atoms with Gasteiger partial charge in [0.1, 0.15) is 17.2 Å². The van der Waals surface area contributed by atoms with Crippen LogP contribution in [0.5, 0.6) is 0 Å². The Hall–Kier alpha value is -3.29. The lowest BCUT2D eigenvalue weighted by molar-refractivity contribution is 0.249. The zero-order valence-electron chi connectivity index (χ0n) is 14.4. The zero-order valence-corrected chi connectivity index (χ0v) is 14.4. The number of nitrogens with two attached hydrogens (primary N) is 1. The molecule has 1 aromatic heterocycles. The van der Waals surface area contributed by atoms with Crippen molar-refractivity contribution >= 4 is 29.3 Å². The maximum Gasteiger partial charge on any atom is 0.320 e. The third kappa shape index (κ3) is 4.37. The fraction of sp³-hybridized carbons (Fsp3) is 0.235. The summed E-state index contributed by atoms with van der Waals surface area (Å²) >= 11 is 0. The zero-order chi connectivity index (χ0) is 18.4. The van der Waals surface area contributed by atoms with Crippen LogP contribution in [0.1, 0.15) is 24.1 Å². The first-order valence-electron chi connectivity index (χ1n) is 7.70. The molecule has 1 aromatic carbocycles. The van der Waals surface area contributed by atoms with Gasteiger partial charge in [0.05, 0.1) is 18.8 Å². The van der Waals surface area contributed by atoms with Crippen LogP contribution in [-0.2, 0) is 4.74 Å². The number of amides is 2. The summed E-state index contributed by atoms with van der Waals surface area (Å²) in [5.74, 6) is 0.508. The number of aromatic nitrogens is 1. The summed E-state index contributed by atoms with van der Waals surface area (Å²) in [6.07, 6.45) is 0. The van der Waals surface area contributed by atoms with Gasteiger partial charge in [0.15, 0.2) is 0 Å². The van der Waals surface area contributed by atoms with Gasteiger partial charge in [0.2, 0.25) is 5.90 Å². The monoisotopic (exact) mass is 342 g/mol. The van der Waals surface area contributed by atoms with Crippen molar-refractivity contribution in [2.45, 2.75) is 13.0 Å². The SMILES string of the molecule is CNc1nc(NC(=O)N[C@H](C)c2ccccc2)cc(N)c1C(=N)OC. The fourth-order valence-electron chi connectivity index (χ4n) is 2.32. The molecule has 132 valence electrons. The normalized spacial score (nSPS) is 11.3. The van der Waals surface area contributed by atoms with E-state index < -0.39 is 6.03 Å². The van der Waals surface area contributed by atoms with Gasteiger partial charge in [0, 0.05) is 13.1 Å². The van der Waals surface area contributed by atoms with Crippen LogP contribution in [0.3, 0.4) is 0 Å². The number of nitrogen functional groups attached to an aromatic ring is 1. The van der Waals surface area contributed by atoms with Crippen LogP contribution in [-0.4, -0.2) is 31.1 Å². The molecular formula is C17H22N6O2. The number of carbonyl (C=O) groups is 1. The van der Waals surface area contributed by atoms with Crippen LogP contribution >= 0.6 is 0 Å². The standard InChI is InChI=1S/C17H22N6O2/c1-10(11-7-5-4-6-8-11)21-17(24)23-13-9-12(18)14(15(19)25-3)16(20-2)22-13/h4-10,19H,1-3H3,(H5,18,20,21,22,23,24)/t10-/m1/s1. The van der Waals surface area contributed by atoms with Crippen molar-refractivity contribution in [1.82, 2.24) is 10.3 Å². The highest BCUT2D eigenvalue weighted by molar-refractivity contribution is 6.02. The average molecular weight is 342 g/mol. The fourth-order valence-corrected chi connectivity index (χ4v) is 2.32. The van der Waals surface area contributed by atoms with Crippen molar-refractivity contribution < 1.29 is 9.53 Å². The molecule has 0 aliphatic carbocycles. The van der Waals surface area contributed by atoms with Crippen LogP contribution in [0.4, 0.5) is 22.1 Å². The average Bonchev–Trinajstić information content (AvgIpc) is 2.61. The van der Waals surface area contributed by atoms with Crippen molar-refractivity contribution in [2.24, 2.45) is 0 Å². The number of carbonyl (C=O) groups excluding carboxylic acids is 1. The molecule has 0 unspecified atom stereocenters. The highest BCUT2D eigenvalue weighted by atomic mass is 16.5. The molecule has 2 amide bonds. The second-order valence-corrected chi connectivity index (χ2v) is 5.33. The third-order valence-electron chi connectivity index (χ3n) is 3.61. The second-order valence-electron chi connectivity index (χ2n) is 5.33. The highest BCUT2D eigenvalue weighted by Crippen LogP contribution is 2.24. The molecule has 0 saturated carbocycles. The van der Waals surface area contributed by atoms with E-state index in [1.165, 1.54) is 13.2 Å². The lowest BCUT2D eigenvalue weighted by Gasteiger charge is -2.16. The first kappa shape index (κ1) is 18.1. The Kier molecular flexibility index (Phi) is 5.78. The summed E-state index contributed by atoms with van der Waals surface area (Å²) in [7, 11) is 3.03. The van der Waals surface area contributed by atoms with E-state index in [0.717, 1.165) is 5.56 Å². The summed E-state index contributed by atoms with van der Waals surface area (Å²) in [6.45, 7) is 1.89. The molecule has 0 spiro atoms. The van der Waals surface area contributed by atoms with Gasteiger partial charge in [-0.2, -0.15) is 0 Å². The molecule has 6 N–H and O–H groups in total. The Morgan fingerprint density at radius 1 is 1.32 bits per heavy atom. The van der Waals surface area contributed by atoms with Crippen molar-refractivity contribution in [3.05, 3.63) is 47.5 Å². The van der Waals surface area contributed by atoms with Crippen molar-refractivity contribution in [3.63, 3.8) is 0 Å². The molecule has 0 aliphatic heterocycles. The molecule has 0 saturated heterocycles. The molecule has 1 heterocycles. The summed E-state index contributed by atoms with van der Waals surface area (Å²) < 4.78 is 4.91. The van der Waals surface area contributed by atoms with Crippen molar-refractivity contribution in [1.29, 1.82) is 5.41 Å². The first-order chi connectivity index (χ1) is 12.0. The van der Waals surface area contributed by atoms with Crippen LogP contribution < -0.4 is 21.7 Å². The van der Waals surface area contributed by atoms with E-state index in [1.807, 2.05) is 37.3 Å². The van der Waals surface area contributed by atoms with E-state index in [1.54, 1.807) is 7.05 Å². The predicted octanol–water partition coefficient (Wildman–Crippen LogP) is 2.56. The van der Waals surface area contributed by atoms with Crippen LogP contribution in [0.25, 0.3) is 0 Å². The van der Waals surface area contributed by atoms with E-state index in [2.05, 4.69) is 20.9 Å². The molecule has 0 fully saturated rings. The topological polar surface area (TPSA) is 125 Å². The van der Waals surface area contributed by atoms with Gasteiger partial charge in [0.25, 0.3) is 0 Å². The quantitative estimate of drug-likeness (QED) is 0.422. The Labute approximate surface area is 146 Å². The molecule has 0 aliphatic rings. The number of hydrogen-bond donors (Lipinski definition) is 5. The van der Waals surface area contributed by atoms with Crippen molar-refractivity contribution in [3.8, 4) is 0 Å². The minimum atomic E-state index is -0.403. The summed E-state index contributed by atoms with van der Waals surface area (Å²) in [6, 6.07) is 10.5. The number of nitrogens with zero attached hydrogens (tertiary/aromatic N) is 1. The number of hydrogen-bond acceptors (Lipinski definition) is 6. The Bertz CT molecular complexity index is 763. The van der Waals surface area contributed by atoms with Gasteiger partial charge in [-0.15, -0.1) is 0 Å². The smallest absolute Gasteiger partial charge is 0.320 e. The molecule has 1 atom stereocenters. The van der Waals surface area contributed by atoms with Crippen LogP contribution in [0.2, 0.25) is 0 Å². The molecule has 8 nitrogen and oxygen atoms in total. The van der Waals surface area contributed by atoms with E-state index in [4.69, 9.17) is 15.9 Å². The molecular weight excluding hydrogens is 320 g/mol. The second kappa shape index (κ2) is 8.00. The highest BCUT2D eigenvalue weighted by Gasteiger charge is 2.17. The molecule has 2 rings (SSSR count). The van der Waals surface area contributed by atoms with Gasteiger partial charge in [-0.05, 0) is 12.5 Å². The largest absolute Gasteiger partial charge is 0.481 e. The minimum Gasteiger partial charge on any atom is -0.481 e. The van der Waals surface area contributed by atoms with E-state index in [0.29, 0.717) is 11.4 Å². The maximum atomic E-state index is 12.2. The lowest BCUT2D eigenvalue weighted by Crippen LogP contribution is -2.31. The number of urea groups is 1. The lowest BCUT2D eigenvalue weighted by atomic mass is 10.1. The van der Waals surface area contributed by atoms with Gasteiger partial charge in [-0.1, -0.05) is 30.3 Å². The van der Waals surface area contributed by atoms with Gasteiger partial charge < -0.3 is 21.1 Å². The van der Waals surface area contributed by atoms with Crippen LogP contribution in [0, 0.1) is 5.41 Å². The predicted molar refractivity (Wildman–Crippen MR) is 99.0 cm³/mol. The third-order valence-corrected chi connectivity index (χ3v) is 3.61. The molecule has 0 radical (unpaired) electrons. The first-order valence-corrected chi connectivity index (χ1v) is 7.70. The minimum absolute atomic E-state index is 0.108. The number of benzene rings is 1. The van der Waals surface area contributed by atoms with E-state index >= 15 is 0 Å². The maximum absolute atomic E-state index is 12.2. The molecule has 25 heavy (non-hydrogen) atoms. The van der Waals surface area contributed by atoms with Gasteiger partial charge >= 0.3 is 6.03 Å². The Morgan fingerprint density at radius 2 is 2.00 bits per heavy atom. The number of ether oxygens (including phenoxy) is 1. The van der Waals surface area contributed by atoms with Gasteiger partial charge in [-0.25, -0.2) is 9.78 Å². The Morgan fingerprint density at radius 3 is 2.60 bits per heavy atom. The van der Waals surface area contributed by atoms with E-state index in [-0.39, 0.29) is 23.4 Å². The summed E-state index contributed by atoms with van der Waals surface area (Å²) in [5.41, 5.74) is 7.58. The number of anilines is 3. The summed E-state index contributed by atoms with van der Waals surface area (Å²) in [5, 5.41) is 16.1. The van der Waals surface area contributed by atoms with E-state index in [9.17, 15) is 4.79 Å². The van der Waals surface area contributed by atoms with Crippen molar-refractivity contribution in [2.75, 3.05) is 30.5 Å². The molecule has 2 aromatic rings. The summed E-state index contributed by atoms with van der Waals surface area (Å²) in [4.78, 5) is 16.4. The number of pyridine rings is 1. The van der Waals surface area contributed by atoms with Crippen LogP contribution in [0.15, 0.2) is 36.4 Å². The number of methoxy groups -OCH3 is 1. The Balaban J connectivity index is 2.13. The molecule has 0 bridgehead atoms. The number of nitrogens with one attached hydrogen (secondary N) is 4. The number of rotatable bonds is 5.